The first-order chi connectivity index (χ1) is 18.7. The molecule has 1 saturated heterocycles. The average molecular weight is 573 g/mol. The minimum atomic E-state index is -4.62. The van der Waals surface area contributed by atoms with Crippen LogP contribution in [0.15, 0.2) is 11.8 Å². The lowest BCUT2D eigenvalue weighted by atomic mass is 9.30. The van der Waals surface area contributed by atoms with Crippen LogP contribution in [0.25, 0.3) is 4.85 Å². The minimum absolute atomic E-state index is 0.0553. The third-order valence-electron chi connectivity index (χ3n) is 14.1. The zero-order valence-corrected chi connectivity index (χ0v) is 25.4. The summed E-state index contributed by atoms with van der Waals surface area (Å²) in [7, 11) is 0. The van der Waals surface area contributed by atoms with Gasteiger partial charge in [-0.3, -0.25) is 9.59 Å². The van der Waals surface area contributed by atoms with Gasteiger partial charge in [-0.1, -0.05) is 54.5 Å². The van der Waals surface area contributed by atoms with Gasteiger partial charge in [0, 0.05) is 23.2 Å². The van der Waals surface area contributed by atoms with Gasteiger partial charge in [0.15, 0.2) is 11.6 Å². The van der Waals surface area contributed by atoms with Crippen molar-refractivity contribution in [3.8, 4) is 0 Å². The fourth-order valence-corrected chi connectivity index (χ4v) is 12.1. The van der Waals surface area contributed by atoms with Gasteiger partial charge in [-0.15, -0.1) is 0 Å². The largest absolute Gasteiger partial charge is 0.406 e. The summed E-state index contributed by atoms with van der Waals surface area (Å²) in [4.78, 5) is 47.3. The number of amides is 1. The van der Waals surface area contributed by atoms with E-state index in [1.165, 1.54) is 0 Å². The fourth-order valence-electron chi connectivity index (χ4n) is 12.1. The standard InChI is InChI=1S/C33H43F3N2O3/c1-26(2)11-13-31-14-12-30(7)29(6)10-9-20-27(3,4)24(40)19(37-8)16-28(20,5)21(29)15-23(39)33(30,22(31)17-26)38(25(31)41)18-32(34,35)36/h16,20-22H,9-15,17-18H2,1-7H3/t20-,21+,22+,28-,29+,30-,31-,33?/m0/s1. The van der Waals surface area contributed by atoms with E-state index in [0.29, 0.717) is 38.5 Å². The molecule has 2 bridgehead atoms. The summed E-state index contributed by atoms with van der Waals surface area (Å²) in [5, 5.41) is 0. The Bertz CT molecular complexity index is 1340. The minimum Gasteiger partial charge on any atom is -0.319 e. The van der Waals surface area contributed by atoms with E-state index in [9.17, 15) is 27.6 Å². The van der Waals surface area contributed by atoms with E-state index >= 15 is 0 Å². The Morgan fingerprint density at radius 1 is 0.927 bits per heavy atom. The van der Waals surface area contributed by atoms with Crippen molar-refractivity contribution >= 4 is 17.5 Å². The predicted molar refractivity (Wildman–Crippen MR) is 147 cm³/mol. The molecule has 1 aliphatic heterocycles. The van der Waals surface area contributed by atoms with Gasteiger partial charge >= 0.3 is 6.18 Å². The molecule has 1 spiro atoms. The van der Waals surface area contributed by atoms with Crippen LogP contribution in [-0.2, 0) is 14.4 Å². The predicted octanol–water partition coefficient (Wildman–Crippen LogP) is 7.17. The highest BCUT2D eigenvalue weighted by atomic mass is 19.4. The van der Waals surface area contributed by atoms with E-state index in [-0.39, 0.29) is 40.9 Å². The second-order valence-corrected chi connectivity index (χ2v) is 16.4. The average Bonchev–Trinajstić information content (AvgIpc) is 2.99. The third kappa shape index (κ3) is 3.12. The molecule has 1 heterocycles. The maximum Gasteiger partial charge on any atom is 0.406 e. The number of carbonyl (C=O) groups is 3. The topological polar surface area (TPSA) is 58.8 Å². The van der Waals surface area contributed by atoms with Crippen molar-refractivity contribution in [2.45, 2.75) is 112 Å². The van der Waals surface area contributed by atoms with Gasteiger partial charge < -0.3 is 9.69 Å². The maximum atomic E-state index is 15.0. The molecule has 6 rings (SSSR count). The Morgan fingerprint density at radius 3 is 2.17 bits per heavy atom. The first kappa shape index (κ1) is 28.9. The number of alkyl halides is 3. The molecule has 0 radical (unpaired) electrons. The summed E-state index contributed by atoms with van der Waals surface area (Å²) in [6.45, 7) is 20.6. The highest BCUT2D eigenvalue weighted by Gasteiger charge is 2.84. The summed E-state index contributed by atoms with van der Waals surface area (Å²) >= 11 is 0. The molecule has 0 aromatic carbocycles. The van der Waals surface area contributed by atoms with Crippen LogP contribution in [0.4, 0.5) is 13.2 Å². The number of hydrogen-bond donors (Lipinski definition) is 0. The highest BCUT2D eigenvalue weighted by Crippen LogP contribution is 2.80. The van der Waals surface area contributed by atoms with Crippen molar-refractivity contribution in [3.63, 3.8) is 0 Å². The van der Waals surface area contributed by atoms with Gasteiger partial charge in [-0.2, -0.15) is 13.2 Å². The molecule has 0 N–H and O–H groups in total. The highest BCUT2D eigenvalue weighted by molar-refractivity contribution is 6.03. The number of Topliss-reactive ketones (excluding diaryl/α,β-unsaturated/α-hetero) is 2. The van der Waals surface area contributed by atoms with Crippen LogP contribution in [0, 0.1) is 56.8 Å². The molecule has 8 atom stereocenters. The summed E-state index contributed by atoms with van der Waals surface area (Å²) in [6.07, 6.45) is 1.43. The van der Waals surface area contributed by atoms with E-state index in [2.05, 4.69) is 32.5 Å². The van der Waals surface area contributed by atoms with Gasteiger partial charge in [-0.05, 0) is 73.0 Å². The Kier molecular flexibility index (Phi) is 5.54. The molecule has 224 valence electrons. The van der Waals surface area contributed by atoms with E-state index < -0.39 is 57.2 Å². The number of ketones is 2. The molecule has 4 saturated carbocycles. The van der Waals surface area contributed by atoms with Gasteiger partial charge in [-0.25, -0.2) is 4.85 Å². The lowest BCUT2D eigenvalue weighted by Crippen LogP contribution is -2.78. The molecule has 41 heavy (non-hydrogen) atoms. The number of rotatable bonds is 1. The zero-order chi connectivity index (χ0) is 30.4. The summed E-state index contributed by atoms with van der Waals surface area (Å²) in [5.41, 5.74) is -5.42. The van der Waals surface area contributed by atoms with Crippen molar-refractivity contribution in [1.29, 1.82) is 0 Å². The Hall–Kier alpha value is -2.17. The van der Waals surface area contributed by atoms with Crippen molar-refractivity contribution < 1.29 is 27.6 Å². The Balaban J connectivity index is 1.59. The number of carbonyl (C=O) groups excluding carboxylic acids is 3. The third-order valence-corrected chi connectivity index (χ3v) is 14.1. The second kappa shape index (κ2) is 7.85. The molecular weight excluding hydrogens is 529 g/mol. The molecule has 0 aromatic heterocycles. The van der Waals surface area contributed by atoms with Crippen molar-refractivity contribution in [2.24, 2.45) is 50.2 Å². The number of hydrogen-bond acceptors (Lipinski definition) is 3. The van der Waals surface area contributed by atoms with Gasteiger partial charge in [0.2, 0.25) is 11.6 Å². The fraction of sp³-hybridized carbons (Fsp3) is 0.818. The van der Waals surface area contributed by atoms with Crippen molar-refractivity contribution in [1.82, 2.24) is 4.90 Å². The molecule has 5 fully saturated rings. The molecule has 5 nitrogen and oxygen atoms in total. The quantitative estimate of drug-likeness (QED) is 0.313. The van der Waals surface area contributed by atoms with Crippen LogP contribution in [0.1, 0.15) is 99.8 Å². The van der Waals surface area contributed by atoms with Crippen LogP contribution >= 0.6 is 0 Å². The van der Waals surface area contributed by atoms with Crippen LogP contribution in [0.3, 0.4) is 0 Å². The molecule has 8 heteroatoms. The maximum absolute atomic E-state index is 15.0. The number of nitrogens with zero attached hydrogens (tertiary/aromatic N) is 2. The van der Waals surface area contributed by atoms with Crippen molar-refractivity contribution in [2.75, 3.05) is 6.54 Å². The van der Waals surface area contributed by atoms with E-state index in [1.54, 1.807) is 6.08 Å². The zero-order valence-electron chi connectivity index (χ0n) is 25.4. The number of fused-ring (bicyclic) bond motifs is 4. The van der Waals surface area contributed by atoms with Crippen molar-refractivity contribution in [3.05, 3.63) is 23.2 Å². The summed E-state index contributed by atoms with van der Waals surface area (Å²) in [5.74, 6) is -1.68. The number of halogens is 3. The first-order valence-electron chi connectivity index (χ1n) is 15.3. The van der Waals surface area contributed by atoms with Crippen LogP contribution in [-0.4, -0.2) is 40.6 Å². The Labute approximate surface area is 241 Å². The summed E-state index contributed by atoms with van der Waals surface area (Å²) < 4.78 is 42.9. The van der Waals surface area contributed by atoms with Crippen LogP contribution in [0.2, 0.25) is 0 Å². The van der Waals surface area contributed by atoms with Gasteiger partial charge in [0.25, 0.3) is 0 Å². The molecule has 0 aromatic rings. The molecular formula is C33H43F3N2O3. The lowest BCUT2D eigenvalue weighted by Gasteiger charge is -2.73. The Morgan fingerprint density at radius 2 is 1.56 bits per heavy atom. The van der Waals surface area contributed by atoms with E-state index in [0.717, 1.165) is 11.3 Å². The molecule has 1 amide bonds. The molecule has 1 unspecified atom stereocenters. The number of allylic oxidation sites excluding steroid dienone is 2. The van der Waals surface area contributed by atoms with E-state index in [4.69, 9.17) is 6.57 Å². The van der Waals surface area contributed by atoms with Gasteiger partial charge in [0.1, 0.15) is 12.1 Å². The van der Waals surface area contributed by atoms with E-state index in [1.807, 2.05) is 20.8 Å². The van der Waals surface area contributed by atoms with Crippen LogP contribution < -0.4 is 0 Å². The van der Waals surface area contributed by atoms with Crippen LogP contribution in [0.5, 0.6) is 0 Å². The summed E-state index contributed by atoms with van der Waals surface area (Å²) in [6, 6.07) is 0. The normalized spacial score (nSPS) is 47.9. The molecule has 6 aliphatic rings. The number of likely N-dealkylation sites (tertiary alicyclic amines) is 1. The second-order valence-electron chi connectivity index (χ2n) is 16.4. The monoisotopic (exact) mass is 572 g/mol. The SMILES string of the molecule is [C-]#[N+]C1=C[C@]2(C)[C@H]3CC(=O)C45[C@@H]6CC(C)(C)CC[C@@]6(CC[C@@]4(C)[C@]3(C)CC[C@H]2C(C)(C)C1=O)C(=O)N5CC(F)(F)F. The smallest absolute Gasteiger partial charge is 0.319 e. The molecule has 5 aliphatic carbocycles. The first-order valence-corrected chi connectivity index (χ1v) is 15.3. The lowest BCUT2D eigenvalue weighted by molar-refractivity contribution is -0.242. The van der Waals surface area contributed by atoms with Gasteiger partial charge in [0.05, 0.1) is 12.0 Å².